The monoisotopic (exact) mass is 280 g/mol. The molecule has 0 radical (unpaired) electrons. The Bertz CT molecular complexity index is 432. The molecule has 0 saturated carbocycles. The van der Waals surface area contributed by atoms with Crippen molar-refractivity contribution >= 4 is 11.6 Å². The molecule has 0 unspecified atom stereocenters. The molecule has 0 aliphatic heterocycles. The van der Waals surface area contributed by atoms with E-state index in [1.807, 2.05) is 25.1 Å². The molecule has 0 saturated heterocycles. The summed E-state index contributed by atoms with van der Waals surface area (Å²) >= 11 is 5.62. The number of hydrogen-bond acceptors (Lipinski definition) is 2. The number of benzene rings is 1. The van der Waals surface area contributed by atoms with Gasteiger partial charge in [0.2, 0.25) is 0 Å². The molecule has 1 rings (SSSR count). The molecular formula is C16H21ClO2. The van der Waals surface area contributed by atoms with Crippen molar-refractivity contribution in [3.8, 4) is 17.6 Å². The van der Waals surface area contributed by atoms with Crippen molar-refractivity contribution in [2.75, 3.05) is 25.7 Å². The van der Waals surface area contributed by atoms with Crippen LogP contribution in [0.3, 0.4) is 0 Å². The molecule has 0 aromatic heterocycles. The summed E-state index contributed by atoms with van der Waals surface area (Å²) in [4.78, 5) is 0. The Hall–Kier alpha value is -1.17. The molecule has 0 atom stereocenters. The van der Waals surface area contributed by atoms with E-state index in [4.69, 9.17) is 21.1 Å². The van der Waals surface area contributed by atoms with E-state index in [1.165, 1.54) is 5.56 Å². The predicted octanol–water partition coefficient (Wildman–Crippen LogP) is 3.78. The molecule has 0 heterocycles. The molecule has 3 heteroatoms. The van der Waals surface area contributed by atoms with Crippen LogP contribution in [0.25, 0.3) is 0 Å². The van der Waals surface area contributed by atoms with Crippen LogP contribution in [0.15, 0.2) is 18.2 Å². The van der Waals surface area contributed by atoms with Gasteiger partial charge < -0.3 is 9.47 Å². The summed E-state index contributed by atoms with van der Waals surface area (Å²) in [5.41, 5.74) is 2.09. The predicted molar refractivity (Wildman–Crippen MR) is 80.0 cm³/mol. The van der Waals surface area contributed by atoms with E-state index in [-0.39, 0.29) is 0 Å². The Morgan fingerprint density at radius 3 is 2.79 bits per heavy atom. The van der Waals surface area contributed by atoms with Crippen LogP contribution in [0.1, 0.15) is 30.9 Å². The number of rotatable bonds is 7. The Labute approximate surface area is 121 Å². The van der Waals surface area contributed by atoms with E-state index in [0.29, 0.717) is 25.5 Å². The lowest BCUT2D eigenvalue weighted by atomic mass is 10.1. The molecule has 1 aromatic carbocycles. The van der Waals surface area contributed by atoms with Crippen LogP contribution in [0, 0.1) is 18.8 Å². The van der Waals surface area contributed by atoms with Crippen molar-refractivity contribution in [1.82, 2.24) is 0 Å². The minimum absolute atomic E-state index is 0.549. The minimum Gasteiger partial charge on any atom is -0.490 e. The zero-order valence-corrected chi connectivity index (χ0v) is 12.4. The fourth-order valence-electron chi connectivity index (χ4n) is 1.53. The number of halogens is 1. The lowest BCUT2D eigenvalue weighted by Crippen LogP contribution is -2.07. The molecule has 19 heavy (non-hydrogen) atoms. The van der Waals surface area contributed by atoms with Crippen LogP contribution < -0.4 is 4.74 Å². The Balaban J connectivity index is 2.59. The van der Waals surface area contributed by atoms with E-state index in [2.05, 4.69) is 18.8 Å². The Kier molecular flexibility index (Phi) is 8.13. The maximum absolute atomic E-state index is 5.71. The fraction of sp³-hybridized carbons (Fsp3) is 0.500. The molecule has 104 valence electrons. The topological polar surface area (TPSA) is 18.5 Å². The summed E-state index contributed by atoms with van der Waals surface area (Å²) < 4.78 is 11.1. The van der Waals surface area contributed by atoms with Gasteiger partial charge in [0.25, 0.3) is 0 Å². The summed E-state index contributed by atoms with van der Waals surface area (Å²) in [6.07, 6.45) is 1.72. The van der Waals surface area contributed by atoms with Crippen LogP contribution in [-0.2, 0) is 4.74 Å². The van der Waals surface area contributed by atoms with E-state index in [1.54, 1.807) is 0 Å². The van der Waals surface area contributed by atoms with Gasteiger partial charge in [-0.3, -0.25) is 0 Å². The molecule has 2 nitrogen and oxygen atoms in total. The van der Waals surface area contributed by atoms with Crippen LogP contribution in [0.5, 0.6) is 5.75 Å². The van der Waals surface area contributed by atoms with Crippen molar-refractivity contribution in [2.45, 2.75) is 26.7 Å². The smallest absolute Gasteiger partial charge is 0.135 e. The van der Waals surface area contributed by atoms with Crippen LogP contribution in [0.4, 0.5) is 0 Å². The highest BCUT2D eigenvalue weighted by Crippen LogP contribution is 2.19. The van der Waals surface area contributed by atoms with Crippen LogP contribution in [-0.4, -0.2) is 25.7 Å². The number of alkyl halides is 1. The molecule has 1 aromatic rings. The maximum atomic E-state index is 5.71. The second-order valence-electron chi connectivity index (χ2n) is 4.20. The van der Waals surface area contributed by atoms with Gasteiger partial charge in [-0.15, -0.1) is 11.6 Å². The molecule has 0 fully saturated rings. The average Bonchev–Trinajstić information content (AvgIpc) is 2.41. The highest BCUT2D eigenvalue weighted by Gasteiger charge is 2.01. The van der Waals surface area contributed by atoms with Gasteiger partial charge in [0.1, 0.15) is 12.4 Å². The molecule has 0 N–H and O–H groups in total. The summed E-state index contributed by atoms with van der Waals surface area (Å²) in [5, 5.41) is 0. The van der Waals surface area contributed by atoms with E-state index in [9.17, 15) is 0 Å². The van der Waals surface area contributed by atoms with Crippen molar-refractivity contribution in [3.05, 3.63) is 29.3 Å². The maximum Gasteiger partial charge on any atom is 0.135 e. The average molecular weight is 281 g/mol. The van der Waals surface area contributed by atoms with Gasteiger partial charge in [0.05, 0.1) is 12.2 Å². The van der Waals surface area contributed by atoms with Gasteiger partial charge >= 0.3 is 0 Å². The lowest BCUT2D eigenvalue weighted by Gasteiger charge is -2.09. The normalized spacial score (nSPS) is 9.84. The number of aryl methyl sites for hydroxylation is 1. The summed E-state index contributed by atoms with van der Waals surface area (Å²) in [6.45, 7) is 6.06. The minimum atomic E-state index is 0.549. The van der Waals surface area contributed by atoms with Gasteiger partial charge in [-0.2, -0.15) is 0 Å². The first-order valence-corrected chi connectivity index (χ1v) is 7.17. The van der Waals surface area contributed by atoms with Gasteiger partial charge in [-0.1, -0.05) is 24.8 Å². The molecule has 0 aliphatic carbocycles. The Morgan fingerprint density at radius 1 is 1.21 bits per heavy atom. The van der Waals surface area contributed by atoms with E-state index < -0.39 is 0 Å². The lowest BCUT2D eigenvalue weighted by molar-refractivity contribution is 0.100. The SMILES string of the molecule is CCCOCCOc1ccc(C)cc1C#CCCCl. The summed E-state index contributed by atoms with van der Waals surface area (Å²) in [5.74, 6) is 7.51. The highest BCUT2D eigenvalue weighted by atomic mass is 35.5. The van der Waals surface area contributed by atoms with Gasteiger partial charge in [0, 0.05) is 18.9 Å². The van der Waals surface area contributed by atoms with Gasteiger partial charge in [-0.05, 0) is 31.0 Å². The molecule has 0 aliphatic rings. The highest BCUT2D eigenvalue weighted by molar-refractivity contribution is 6.18. The van der Waals surface area contributed by atoms with Crippen molar-refractivity contribution in [3.63, 3.8) is 0 Å². The van der Waals surface area contributed by atoms with Crippen molar-refractivity contribution in [2.24, 2.45) is 0 Å². The molecule has 0 amide bonds. The molecule has 0 spiro atoms. The fourth-order valence-corrected chi connectivity index (χ4v) is 1.62. The third-order valence-electron chi connectivity index (χ3n) is 2.41. The second-order valence-corrected chi connectivity index (χ2v) is 4.58. The number of hydrogen-bond donors (Lipinski definition) is 0. The van der Waals surface area contributed by atoms with Gasteiger partial charge in [0.15, 0.2) is 0 Å². The van der Waals surface area contributed by atoms with Crippen molar-refractivity contribution < 1.29 is 9.47 Å². The van der Waals surface area contributed by atoms with Gasteiger partial charge in [-0.25, -0.2) is 0 Å². The third-order valence-corrected chi connectivity index (χ3v) is 2.60. The summed E-state index contributed by atoms with van der Waals surface area (Å²) in [6, 6.07) is 6.01. The first-order valence-electron chi connectivity index (χ1n) is 6.64. The van der Waals surface area contributed by atoms with Crippen LogP contribution >= 0.6 is 11.6 Å². The van der Waals surface area contributed by atoms with E-state index >= 15 is 0 Å². The molecular weight excluding hydrogens is 260 g/mol. The summed E-state index contributed by atoms with van der Waals surface area (Å²) in [7, 11) is 0. The quantitative estimate of drug-likeness (QED) is 0.430. The van der Waals surface area contributed by atoms with E-state index in [0.717, 1.165) is 24.3 Å². The third kappa shape index (κ3) is 6.52. The second kappa shape index (κ2) is 9.72. The number of ether oxygens (including phenoxy) is 2. The van der Waals surface area contributed by atoms with Crippen molar-refractivity contribution in [1.29, 1.82) is 0 Å². The molecule has 0 bridgehead atoms. The zero-order chi connectivity index (χ0) is 13.9. The van der Waals surface area contributed by atoms with Crippen LogP contribution in [0.2, 0.25) is 0 Å². The largest absolute Gasteiger partial charge is 0.490 e. The standard InChI is InChI=1S/C16H21ClO2/c1-3-10-18-11-12-19-16-8-7-14(2)13-15(16)6-4-5-9-17/h7-8,13H,3,5,9-12H2,1-2H3. The first kappa shape index (κ1) is 15.9. The zero-order valence-electron chi connectivity index (χ0n) is 11.7. The Morgan fingerprint density at radius 2 is 2.05 bits per heavy atom. The first-order chi connectivity index (χ1) is 9.27.